The van der Waals surface area contributed by atoms with Crippen molar-refractivity contribution in [2.24, 2.45) is 0 Å². The van der Waals surface area contributed by atoms with E-state index >= 15 is 4.39 Å². The van der Waals surface area contributed by atoms with Crippen LogP contribution in [0.15, 0.2) is 48.9 Å². The van der Waals surface area contributed by atoms with Crippen molar-refractivity contribution in [3.8, 4) is 0 Å². The summed E-state index contributed by atoms with van der Waals surface area (Å²) in [6, 6.07) is 8.87. The highest BCUT2D eigenvalue weighted by molar-refractivity contribution is 6.49. The molecule has 2 fully saturated rings. The Morgan fingerprint density at radius 3 is 2.79 bits per heavy atom. The van der Waals surface area contributed by atoms with Gasteiger partial charge in [-0.05, 0) is 36.2 Å². The molecule has 0 spiro atoms. The topological polar surface area (TPSA) is 104 Å². The van der Waals surface area contributed by atoms with E-state index in [0.29, 0.717) is 53.5 Å². The molecule has 7 heterocycles. The van der Waals surface area contributed by atoms with Crippen LogP contribution in [0.3, 0.4) is 0 Å². The van der Waals surface area contributed by atoms with Crippen LogP contribution < -0.4 is 10.6 Å². The van der Waals surface area contributed by atoms with E-state index in [2.05, 4.69) is 15.6 Å². The van der Waals surface area contributed by atoms with Gasteiger partial charge in [0.25, 0.3) is 11.8 Å². The molecule has 3 aromatic heterocycles. The Hall–Kier alpha value is -4.51. The summed E-state index contributed by atoms with van der Waals surface area (Å²) in [6.45, 7) is 2.70. The molecule has 0 aliphatic carbocycles. The van der Waals surface area contributed by atoms with Crippen molar-refractivity contribution in [3.63, 3.8) is 0 Å². The molecular formula is C28H24FN7O3. The van der Waals surface area contributed by atoms with Crippen molar-refractivity contribution < 1.29 is 18.8 Å². The molecule has 11 heteroatoms. The molecule has 196 valence electrons. The van der Waals surface area contributed by atoms with Crippen molar-refractivity contribution in [2.75, 3.05) is 19.6 Å². The van der Waals surface area contributed by atoms with Gasteiger partial charge in [-0.2, -0.15) is 0 Å². The summed E-state index contributed by atoms with van der Waals surface area (Å²) in [5.74, 6) is -1.51. The van der Waals surface area contributed by atoms with Crippen LogP contribution in [-0.2, 0) is 22.7 Å². The van der Waals surface area contributed by atoms with Crippen molar-refractivity contribution in [3.05, 3.63) is 71.6 Å². The van der Waals surface area contributed by atoms with Crippen molar-refractivity contribution in [1.82, 2.24) is 34.4 Å². The van der Waals surface area contributed by atoms with Gasteiger partial charge in [-0.3, -0.25) is 19.3 Å². The third-order valence-electron chi connectivity index (χ3n) is 8.43. The largest absolute Gasteiger partial charge is 0.345 e. The lowest BCUT2D eigenvalue weighted by atomic mass is 9.98. The third-order valence-corrected chi connectivity index (χ3v) is 8.43. The number of likely N-dealkylation sites (tertiary alicyclic amines) is 1. The van der Waals surface area contributed by atoms with E-state index in [9.17, 15) is 14.4 Å². The highest BCUT2D eigenvalue weighted by Crippen LogP contribution is 2.39. The van der Waals surface area contributed by atoms with E-state index in [0.717, 1.165) is 18.5 Å². The molecule has 2 N–H and O–H groups in total. The Morgan fingerprint density at radius 1 is 1.10 bits per heavy atom. The van der Waals surface area contributed by atoms with Gasteiger partial charge in [-0.1, -0.05) is 6.07 Å². The summed E-state index contributed by atoms with van der Waals surface area (Å²) < 4.78 is 18.8. The van der Waals surface area contributed by atoms with Crippen LogP contribution in [0, 0.1) is 5.82 Å². The standard InChI is InChI=1S/C28H24FN7O3/c29-16-7-15-12-34(28(39)36-13-17-9-18(36)10-30-17)6-5-33-14-20(19(8-16)25(15)33)23-24(27(38)32-26(23)37)21-11-31-22-3-1-2-4-35(21)22/h1-4,7-8,11,14,17-18,30H,5-6,9-10,12-13H2,(H,32,37,38). The van der Waals surface area contributed by atoms with Gasteiger partial charge in [0.2, 0.25) is 0 Å². The highest BCUT2D eigenvalue weighted by atomic mass is 19.1. The number of aromatic nitrogens is 3. The molecule has 2 atom stereocenters. The van der Waals surface area contributed by atoms with Crippen LogP contribution >= 0.6 is 0 Å². The normalized spacial score (nSPS) is 22.5. The molecule has 4 aromatic rings. The molecule has 2 bridgehead atoms. The Bertz CT molecular complexity index is 1790. The molecule has 2 unspecified atom stereocenters. The number of urea groups is 1. The average Bonchev–Trinajstić information content (AvgIpc) is 3.73. The first-order valence-electron chi connectivity index (χ1n) is 13.1. The summed E-state index contributed by atoms with van der Waals surface area (Å²) in [5.41, 5.74) is 3.45. The molecule has 1 aromatic carbocycles. The summed E-state index contributed by atoms with van der Waals surface area (Å²) in [6.07, 6.45) is 6.13. The second-order valence-electron chi connectivity index (χ2n) is 10.7. The molecule has 4 aliphatic rings. The third kappa shape index (κ3) is 3.22. The van der Waals surface area contributed by atoms with Gasteiger partial charge in [0.05, 0.1) is 28.6 Å². The lowest BCUT2D eigenvalue weighted by molar-refractivity contribution is -0.122. The molecule has 39 heavy (non-hydrogen) atoms. The average molecular weight is 526 g/mol. The molecule has 10 nitrogen and oxygen atoms in total. The number of carbonyl (C=O) groups is 3. The predicted octanol–water partition coefficient (Wildman–Crippen LogP) is 1.98. The van der Waals surface area contributed by atoms with Crippen molar-refractivity contribution in [2.45, 2.75) is 31.6 Å². The number of halogens is 1. The number of nitrogens with zero attached hydrogens (tertiary/aromatic N) is 5. The van der Waals surface area contributed by atoms with Crippen LogP contribution in [0.2, 0.25) is 0 Å². The van der Waals surface area contributed by atoms with E-state index in [4.69, 9.17) is 0 Å². The van der Waals surface area contributed by atoms with Gasteiger partial charge in [-0.15, -0.1) is 0 Å². The second-order valence-corrected chi connectivity index (χ2v) is 10.7. The zero-order valence-corrected chi connectivity index (χ0v) is 20.9. The predicted molar refractivity (Wildman–Crippen MR) is 140 cm³/mol. The molecule has 0 radical (unpaired) electrons. The first-order chi connectivity index (χ1) is 19.0. The maximum Gasteiger partial charge on any atom is 0.320 e. The Morgan fingerprint density at radius 2 is 1.97 bits per heavy atom. The van der Waals surface area contributed by atoms with Gasteiger partial charge < -0.3 is 19.7 Å². The minimum absolute atomic E-state index is 0.0224. The first-order valence-corrected chi connectivity index (χ1v) is 13.1. The van der Waals surface area contributed by atoms with E-state index in [1.54, 1.807) is 27.9 Å². The monoisotopic (exact) mass is 525 g/mol. The fourth-order valence-corrected chi connectivity index (χ4v) is 6.71. The number of hydrogen-bond donors (Lipinski definition) is 2. The number of carbonyl (C=O) groups excluding carboxylic acids is 3. The number of imidazole rings is 1. The Kier molecular flexibility index (Phi) is 4.61. The van der Waals surface area contributed by atoms with E-state index in [1.165, 1.54) is 12.1 Å². The summed E-state index contributed by atoms with van der Waals surface area (Å²) >= 11 is 0. The van der Waals surface area contributed by atoms with Crippen molar-refractivity contribution in [1.29, 1.82) is 0 Å². The SMILES string of the molecule is O=C1NC(=O)C(c2cnc3ccccn23)=C1c1cn2c3c(cc(F)cc13)CN(C(=O)N1CC3CC1CN3)CC2. The minimum atomic E-state index is -0.530. The fourth-order valence-electron chi connectivity index (χ4n) is 6.71. The number of pyridine rings is 1. The van der Waals surface area contributed by atoms with E-state index in [1.807, 2.05) is 27.7 Å². The van der Waals surface area contributed by atoms with Gasteiger partial charge in [0, 0.05) is 68.2 Å². The van der Waals surface area contributed by atoms with Gasteiger partial charge >= 0.3 is 6.03 Å². The highest BCUT2D eigenvalue weighted by Gasteiger charge is 2.42. The number of rotatable bonds is 2. The second kappa shape index (κ2) is 8.00. The summed E-state index contributed by atoms with van der Waals surface area (Å²) in [4.78, 5) is 47.8. The zero-order valence-electron chi connectivity index (χ0n) is 20.9. The first kappa shape index (κ1) is 22.5. The summed E-state index contributed by atoms with van der Waals surface area (Å²) in [7, 11) is 0. The zero-order chi connectivity index (χ0) is 26.4. The maximum absolute atomic E-state index is 15.1. The fraction of sp³-hybridized carbons (Fsp3) is 0.286. The van der Waals surface area contributed by atoms with Gasteiger partial charge in [0.1, 0.15) is 11.5 Å². The lowest BCUT2D eigenvalue weighted by Crippen LogP contribution is -2.51. The number of imide groups is 1. The van der Waals surface area contributed by atoms with Crippen molar-refractivity contribution >= 4 is 45.5 Å². The molecule has 4 amide bonds. The molecule has 8 rings (SSSR count). The van der Waals surface area contributed by atoms with Crippen LogP contribution in [0.25, 0.3) is 27.7 Å². The summed E-state index contributed by atoms with van der Waals surface area (Å²) in [5, 5.41) is 6.38. The molecule has 4 aliphatic heterocycles. The number of benzene rings is 1. The van der Waals surface area contributed by atoms with Crippen LogP contribution in [0.1, 0.15) is 23.2 Å². The lowest BCUT2D eigenvalue weighted by Gasteiger charge is -2.33. The van der Waals surface area contributed by atoms with Gasteiger partial charge in [-0.25, -0.2) is 14.2 Å². The number of amides is 4. The van der Waals surface area contributed by atoms with Crippen LogP contribution in [-0.4, -0.2) is 73.3 Å². The minimum Gasteiger partial charge on any atom is -0.345 e. The number of nitrogens with one attached hydrogen (secondary N) is 2. The van der Waals surface area contributed by atoms with E-state index in [-0.39, 0.29) is 29.8 Å². The molecular weight excluding hydrogens is 501 g/mol. The molecule has 0 saturated carbocycles. The van der Waals surface area contributed by atoms with E-state index < -0.39 is 17.6 Å². The maximum atomic E-state index is 15.1. The number of piperazine rings is 1. The Balaban J connectivity index is 1.25. The Labute approximate surface area is 221 Å². The van der Waals surface area contributed by atoms with Gasteiger partial charge in [0.15, 0.2) is 0 Å². The van der Waals surface area contributed by atoms with Crippen LogP contribution in [0.4, 0.5) is 9.18 Å². The number of fused-ring (bicyclic) bond motifs is 3. The smallest absolute Gasteiger partial charge is 0.320 e. The van der Waals surface area contributed by atoms with Crippen LogP contribution in [0.5, 0.6) is 0 Å². The quantitative estimate of drug-likeness (QED) is 0.390. The number of hydrogen-bond acceptors (Lipinski definition) is 5. The molecule has 2 saturated heterocycles.